The Morgan fingerprint density at radius 1 is 1.06 bits per heavy atom. The van der Waals surface area contributed by atoms with Crippen LogP contribution in [0.25, 0.3) is 0 Å². The minimum Gasteiger partial charge on any atom is -0.496 e. The molecule has 2 aromatic carbocycles. The molecule has 2 rings (SSSR count). The summed E-state index contributed by atoms with van der Waals surface area (Å²) in [6.07, 6.45) is 0. The van der Waals surface area contributed by atoms with Gasteiger partial charge in [0.1, 0.15) is 5.75 Å². The molecule has 3 N–H and O–H groups in total. The van der Waals surface area contributed by atoms with Gasteiger partial charge in [-0.05, 0) is 30.3 Å². The average molecular weight is 265 g/mol. The van der Waals surface area contributed by atoms with Crippen molar-refractivity contribution in [2.45, 2.75) is 6.54 Å². The zero-order valence-corrected chi connectivity index (χ0v) is 11.0. The van der Waals surface area contributed by atoms with Gasteiger partial charge in [-0.1, -0.05) is 18.2 Å². The molecule has 0 aliphatic carbocycles. The lowest BCUT2D eigenvalue weighted by Gasteiger charge is -2.10. The smallest absolute Gasteiger partial charge is 0.123 e. The molecule has 0 spiro atoms. The van der Waals surface area contributed by atoms with E-state index in [1.165, 1.54) is 0 Å². The highest BCUT2D eigenvalue weighted by Crippen LogP contribution is 2.19. The summed E-state index contributed by atoms with van der Waals surface area (Å²) >= 11 is 0. The van der Waals surface area contributed by atoms with E-state index in [1.54, 1.807) is 7.11 Å². The van der Waals surface area contributed by atoms with E-state index in [0.717, 1.165) is 29.2 Å². The lowest BCUT2D eigenvalue weighted by molar-refractivity contribution is 0.410. The maximum Gasteiger partial charge on any atom is 0.123 e. The number of nitrogens with one attached hydrogen (secondary N) is 1. The van der Waals surface area contributed by atoms with Crippen molar-refractivity contribution in [3.63, 3.8) is 0 Å². The summed E-state index contributed by atoms with van der Waals surface area (Å²) in [5, 5.41) is 3.33. The molecule has 0 amide bonds. The Balaban J connectivity index is 0.00000162. The molecule has 0 radical (unpaired) electrons. The number of para-hydroxylation sites is 1. The second kappa shape index (κ2) is 6.77. The van der Waals surface area contributed by atoms with Crippen molar-refractivity contribution in [2.75, 3.05) is 18.2 Å². The molecular weight excluding hydrogens is 248 g/mol. The Hall–Kier alpha value is -1.87. The van der Waals surface area contributed by atoms with Crippen molar-refractivity contribution in [1.29, 1.82) is 0 Å². The third-order valence-electron chi connectivity index (χ3n) is 2.59. The van der Waals surface area contributed by atoms with Crippen LogP contribution in [-0.4, -0.2) is 7.11 Å². The fourth-order valence-corrected chi connectivity index (χ4v) is 1.65. The number of nitrogens with two attached hydrogens (primary N) is 1. The summed E-state index contributed by atoms with van der Waals surface area (Å²) < 4.78 is 5.29. The Labute approximate surface area is 113 Å². The van der Waals surface area contributed by atoms with Gasteiger partial charge >= 0.3 is 0 Å². The molecule has 0 fully saturated rings. The average Bonchev–Trinajstić information content (AvgIpc) is 2.38. The number of ether oxygens (including phenoxy) is 1. The highest BCUT2D eigenvalue weighted by molar-refractivity contribution is 5.85. The van der Waals surface area contributed by atoms with Gasteiger partial charge in [-0.15, -0.1) is 12.4 Å². The third kappa shape index (κ3) is 3.57. The highest BCUT2D eigenvalue weighted by Gasteiger charge is 2.00. The molecule has 0 saturated heterocycles. The van der Waals surface area contributed by atoms with Crippen LogP contribution in [0.5, 0.6) is 5.75 Å². The van der Waals surface area contributed by atoms with E-state index in [9.17, 15) is 0 Å². The Morgan fingerprint density at radius 2 is 1.72 bits per heavy atom. The number of hydrogen-bond donors (Lipinski definition) is 2. The van der Waals surface area contributed by atoms with Crippen molar-refractivity contribution >= 4 is 23.8 Å². The molecular formula is C14H17ClN2O. The third-order valence-corrected chi connectivity index (χ3v) is 2.59. The van der Waals surface area contributed by atoms with Gasteiger partial charge in [0.15, 0.2) is 0 Å². The van der Waals surface area contributed by atoms with Crippen molar-refractivity contribution in [2.24, 2.45) is 0 Å². The van der Waals surface area contributed by atoms with Gasteiger partial charge < -0.3 is 15.8 Å². The van der Waals surface area contributed by atoms with Gasteiger partial charge in [0.05, 0.1) is 7.11 Å². The van der Waals surface area contributed by atoms with Crippen LogP contribution in [0.1, 0.15) is 5.56 Å². The van der Waals surface area contributed by atoms with Gasteiger partial charge in [0, 0.05) is 23.5 Å². The number of methoxy groups -OCH3 is 1. The lowest BCUT2D eigenvalue weighted by Crippen LogP contribution is -2.01. The molecule has 0 aromatic heterocycles. The van der Waals surface area contributed by atoms with Gasteiger partial charge in [0.25, 0.3) is 0 Å². The quantitative estimate of drug-likeness (QED) is 0.833. The minimum absolute atomic E-state index is 0. The lowest BCUT2D eigenvalue weighted by atomic mass is 10.2. The molecule has 96 valence electrons. The maximum absolute atomic E-state index is 5.63. The zero-order chi connectivity index (χ0) is 12.1. The second-order valence-corrected chi connectivity index (χ2v) is 3.79. The van der Waals surface area contributed by atoms with Crippen molar-refractivity contribution < 1.29 is 4.74 Å². The monoisotopic (exact) mass is 264 g/mol. The number of benzene rings is 2. The predicted octanol–water partition coefficient (Wildman–Crippen LogP) is 3.31. The standard InChI is InChI=1S/C14H16N2O.ClH/c1-17-14-5-3-2-4-11(14)10-16-13-8-6-12(15)7-9-13;/h2-9,16H,10,15H2,1H3;1H. The van der Waals surface area contributed by atoms with Crippen LogP contribution >= 0.6 is 12.4 Å². The number of rotatable bonds is 4. The van der Waals surface area contributed by atoms with Crippen LogP contribution in [0, 0.1) is 0 Å². The van der Waals surface area contributed by atoms with Crippen LogP contribution in [-0.2, 0) is 6.54 Å². The van der Waals surface area contributed by atoms with E-state index in [0.29, 0.717) is 0 Å². The normalized spacial score (nSPS) is 9.39. The summed E-state index contributed by atoms with van der Waals surface area (Å²) in [5.41, 5.74) is 8.58. The number of hydrogen-bond acceptors (Lipinski definition) is 3. The van der Waals surface area contributed by atoms with Gasteiger partial charge in [0.2, 0.25) is 0 Å². The second-order valence-electron chi connectivity index (χ2n) is 3.79. The first-order chi connectivity index (χ1) is 8.29. The highest BCUT2D eigenvalue weighted by atomic mass is 35.5. The summed E-state index contributed by atoms with van der Waals surface area (Å²) in [6, 6.07) is 15.7. The first-order valence-corrected chi connectivity index (χ1v) is 5.51. The summed E-state index contributed by atoms with van der Waals surface area (Å²) in [4.78, 5) is 0. The SMILES string of the molecule is COc1ccccc1CNc1ccc(N)cc1.Cl. The Bertz CT molecular complexity index is 485. The van der Waals surface area contributed by atoms with E-state index < -0.39 is 0 Å². The number of nitrogen functional groups attached to an aromatic ring is 1. The van der Waals surface area contributed by atoms with E-state index in [-0.39, 0.29) is 12.4 Å². The molecule has 0 bridgehead atoms. The first kappa shape index (κ1) is 14.2. The Morgan fingerprint density at radius 3 is 2.39 bits per heavy atom. The Kier molecular flexibility index (Phi) is 5.33. The molecule has 18 heavy (non-hydrogen) atoms. The zero-order valence-electron chi connectivity index (χ0n) is 10.2. The summed E-state index contributed by atoms with van der Waals surface area (Å²) in [6.45, 7) is 0.730. The largest absolute Gasteiger partial charge is 0.496 e. The number of halogens is 1. The molecule has 4 heteroatoms. The van der Waals surface area contributed by atoms with Crippen molar-refractivity contribution in [3.05, 3.63) is 54.1 Å². The van der Waals surface area contributed by atoms with Gasteiger partial charge in [-0.3, -0.25) is 0 Å². The van der Waals surface area contributed by atoms with Crippen LogP contribution in [0.15, 0.2) is 48.5 Å². The summed E-state index contributed by atoms with van der Waals surface area (Å²) in [7, 11) is 1.68. The molecule has 3 nitrogen and oxygen atoms in total. The fourth-order valence-electron chi connectivity index (χ4n) is 1.65. The van der Waals surface area contributed by atoms with Crippen LogP contribution in [0.4, 0.5) is 11.4 Å². The van der Waals surface area contributed by atoms with E-state index >= 15 is 0 Å². The van der Waals surface area contributed by atoms with E-state index in [1.807, 2.05) is 48.5 Å². The van der Waals surface area contributed by atoms with Gasteiger partial charge in [-0.25, -0.2) is 0 Å². The molecule has 0 unspecified atom stereocenters. The molecule has 0 saturated carbocycles. The van der Waals surface area contributed by atoms with Crippen molar-refractivity contribution in [1.82, 2.24) is 0 Å². The van der Waals surface area contributed by atoms with Crippen LogP contribution in [0.2, 0.25) is 0 Å². The topological polar surface area (TPSA) is 47.3 Å². The predicted molar refractivity (Wildman–Crippen MR) is 78.4 cm³/mol. The van der Waals surface area contributed by atoms with Crippen LogP contribution in [0.3, 0.4) is 0 Å². The van der Waals surface area contributed by atoms with Crippen molar-refractivity contribution in [3.8, 4) is 5.75 Å². The molecule has 0 atom stereocenters. The van der Waals surface area contributed by atoms with Gasteiger partial charge in [-0.2, -0.15) is 0 Å². The maximum atomic E-state index is 5.63. The van der Waals surface area contributed by atoms with E-state index in [4.69, 9.17) is 10.5 Å². The molecule has 0 heterocycles. The van der Waals surface area contributed by atoms with E-state index in [2.05, 4.69) is 5.32 Å². The van der Waals surface area contributed by atoms with Crippen LogP contribution < -0.4 is 15.8 Å². The minimum atomic E-state index is 0. The molecule has 0 aliphatic heterocycles. The molecule has 2 aromatic rings. The molecule has 0 aliphatic rings. The first-order valence-electron chi connectivity index (χ1n) is 5.51. The number of anilines is 2. The fraction of sp³-hybridized carbons (Fsp3) is 0.143. The summed E-state index contributed by atoms with van der Waals surface area (Å²) in [5.74, 6) is 0.899.